The molecule has 0 radical (unpaired) electrons. The lowest BCUT2D eigenvalue weighted by molar-refractivity contribution is -0.150. The highest BCUT2D eigenvalue weighted by Crippen LogP contribution is 2.28. The van der Waals surface area contributed by atoms with Crippen molar-refractivity contribution in [2.24, 2.45) is 0 Å². The van der Waals surface area contributed by atoms with Gasteiger partial charge in [-0.3, -0.25) is 5.10 Å². The van der Waals surface area contributed by atoms with Gasteiger partial charge in [-0.2, -0.15) is 5.10 Å². The van der Waals surface area contributed by atoms with Crippen molar-refractivity contribution in [3.63, 3.8) is 0 Å². The summed E-state index contributed by atoms with van der Waals surface area (Å²) in [4.78, 5) is 25.2. The lowest BCUT2D eigenvalue weighted by Crippen LogP contribution is -2.60. The van der Waals surface area contributed by atoms with E-state index in [4.69, 9.17) is 0 Å². The van der Waals surface area contributed by atoms with E-state index in [2.05, 4.69) is 15.5 Å². The van der Waals surface area contributed by atoms with Crippen LogP contribution in [0.2, 0.25) is 0 Å². The Morgan fingerprint density at radius 2 is 2.30 bits per heavy atom. The van der Waals surface area contributed by atoms with E-state index in [-0.39, 0.29) is 12.1 Å². The number of amides is 2. The second kappa shape index (κ2) is 5.52. The number of nitrogens with one attached hydrogen (secondary N) is 2. The molecule has 110 valence electrons. The molecule has 20 heavy (non-hydrogen) atoms. The van der Waals surface area contributed by atoms with Crippen LogP contribution in [0.25, 0.3) is 0 Å². The Morgan fingerprint density at radius 1 is 1.55 bits per heavy atom. The maximum atomic E-state index is 12.3. The first-order valence-electron chi connectivity index (χ1n) is 6.75. The number of rotatable bonds is 3. The molecule has 3 N–H and O–H groups in total. The molecule has 1 aliphatic rings. The number of H-pyrrole nitrogens is 1. The summed E-state index contributed by atoms with van der Waals surface area (Å²) in [5.41, 5.74) is -0.272. The molecule has 7 nitrogen and oxygen atoms in total. The van der Waals surface area contributed by atoms with Crippen molar-refractivity contribution >= 4 is 12.0 Å². The lowest BCUT2D eigenvalue weighted by Gasteiger charge is -2.41. The molecule has 0 spiro atoms. The number of carbonyl (C=O) groups excluding carboxylic acids is 1. The molecule has 1 saturated heterocycles. The second-order valence-electron chi connectivity index (χ2n) is 5.39. The van der Waals surface area contributed by atoms with Crippen molar-refractivity contribution in [3.05, 3.63) is 18.0 Å². The van der Waals surface area contributed by atoms with Crippen molar-refractivity contribution in [3.8, 4) is 0 Å². The van der Waals surface area contributed by atoms with Gasteiger partial charge >= 0.3 is 12.0 Å². The first kappa shape index (κ1) is 14.4. The monoisotopic (exact) mass is 280 g/mol. The highest BCUT2D eigenvalue weighted by atomic mass is 16.4. The Bertz CT molecular complexity index is 488. The average Bonchev–Trinajstić information content (AvgIpc) is 2.92. The van der Waals surface area contributed by atoms with E-state index in [1.165, 1.54) is 4.90 Å². The van der Waals surface area contributed by atoms with Gasteiger partial charge in [0.1, 0.15) is 5.54 Å². The molecule has 2 unspecified atom stereocenters. The first-order chi connectivity index (χ1) is 9.45. The Kier molecular flexibility index (Phi) is 3.96. The molecular weight excluding hydrogens is 260 g/mol. The third kappa shape index (κ3) is 2.61. The predicted octanol–water partition coefficient (Wildman–Crippen LogP) is 1.51. The summed E-state index contributed by atoms with van der Waals surface area (Å²) in [5.74, 6) is -0.955. The summed E-state index contributed by atoms with van der Waals surface area (Å²) in [6, 6.07) is -0.565. The Morgan fingerprint density at radius 3 is 2.90 bits per heavy atom. The Hall–Kier alpha value is -2.05. The van der Waals surface area contributed by atoms with E-state index in [0.29, 0.717) is 13.0 Å². The zero-order chi connectivity index (χ0) is 14.8. The minimum atomic E-state index is -1.13. The Balaban J connectivity index is 2.09. The van der Waals surface area contributed by atoms with Crippen LogP contribution in [-0.4, -0.2) is 44.3 Å². The number of aromatic nitrogens is 2. The van der Waals surface area contributed by atoms with Crippen molar-refractivity contribution in [1.29, 1.82) is 0 Å². The van der Waals surface area contributed by atoms with E-state index in [0.717, 1.165) is 18.4 Å². The summed E-state index contributed by atoms with van der Waals surface area (Å²) in [6.07, 6.45) is 5.48. The third-order valence-corrected chi connectivity index (χ3v) is 3.96. The quantitative estimate of drug-likeness (QED) is 0.781. The second-order valence-corrected chi connectivity index (χ2v) is 5.39. The standard InChI is InChI=1S/C13H20N4O3/c1-9(10-7-14-15-8-10)16-12(20)17-6-4-3-5-13(17,2)11(18)19/h7-9H,3-6H2,1-2H3,(H,14,15)(H,16,20)(H,18,19). The number of hydrogen-bond donors (Lipinski definition) is 3. The molecule has 7 heteroatoms. The van der Waals surface area contributed by atoms with E-state index < -0.39 is 11.5 Å². The van der Waals surface area contributed by atoms with Crippen LogP contribution in [0, 0.1) is 0 Å². The largest absolute Gasteiger partial charge is 0.480 e. The summed E-state index contributed by atoms with van der Waals surface area (Å²) >= 11 is 0. The molecule has 1 fully saturated rings. The normalized spacial score (nSPS) is 24.2. The number of aromatic amines is 1. The zero-order valence-electron chi connectivity index (χ0n) is 11.7. The predicted molar refractivity (Wildman–Crippen MR) is 72.1 cm³/mol. The van der Waals surface area contributed by atoms with Gasteiger partial charge in [0.15, 0.2) is 0 Å². The minimum absolute atomic E-state index is 0.221. The van der Waals surface area contributed by atoms with Gasteiger partial charge < -0.3 is 15.3 Å². The molecule has 2 heterocycles. The summed E-state index contributed by atoms with van der Waals surface area (Å²) in [5, 5.41) is 18.7. The minimum Gasteiger partial charge on any atom is -0.480 e. The van der Waals surface area contributed by atoms with Crippen LogP contribution in [0.5, 0.6) is 0 Å². The van der Waals surface area contributed by atoms with Crippen LogP contribution in [0.1, 0.15) is 44.7 Å². The van der Waals surface area contributed by atoms with Crippen LogP contribution in [0.15, 0.2) is 12.4 Å². The van der Waals surface area contributed by atoms with Gasteiger partial charge in [0.2, 0.25) is 0 Å². The fourth-order valence-corrected chi connectivity index (χ4v) is 2.51. The number of urea groups is 1. The number of nitrogens with zero attached hydrogens (tertiary/aromatic N) is 2. The molecule has 2 rings (SSSR count). The SMILES string of the molecule is CC(NC(=O)N1CCCCC1(C)C(=O)O)c1cn[nH]c1. The van der Waals surface area contributed by atoms with E-state index in [1.807, 2.05) is 6.92 Å². The van der Waals surface area contributed by atoms with Gasteiger partial charge in [-0.1, -0.05) is 0 Å². The molecule has 1 aliphatic heterocycles. The lowest BCUT2D eigenvalue weighted by atomic mass is 9.89. The molecule has 0 saturated carbocycles. The number of carboxylic acids is 1. The molecular formula is C13H20N4O3. The fourth-order valence-electron chi connectivity index (χ4n) is 2.51. The van der Waals surface area contributed by atoms with Crippen molar-refractivity contribution in [1.82, 2.24) is 20.4 Å². The smallest absolute Gasteiger partial charge is 0.329 e. The highest BCUT2D eigenvalue weighted by Gasteiger charge is 2.44. The van der Waals surface area contributed by atoms with E-state index in [9.17, 15) is 14.7 Å². The molecule has 2 amide bonds. The number of piperidine rings is 1. The number of hydrogen-bond acceptors (Lipinski definition) is 3. The molecule has 1 aromatic heterocycles. The van der Waals surface area contributed by atoms with Gasteiger partial charge in [0, 0.05) is 18.3 Å². The highest BCUT2D eigenvalue weighted by molar-refractivity contribution is 5.86. The van der Waals surface area contributed by atoms with E-state index in [1.54, 1.807) is 19.3 Å². The fraction of sp³-hybridized carbons (Fsp3) is 0.615. The van der Waals surface area contributed by atoms with Crippen LogP contribution < -0.4 is 5.32 Å². The molecule has 0 aromatic carbocycles. The van der Waals surface area contributed by atoms with Crippen LogP contribution in [0.4, 0.5) is 4.79 Å². The van der Waals surface area contributed by atoms with Gasteiger partial charge in [-0.25, -0.2) is 9.59 Å². The van der Waals surface area contributed by atoms with Gasteiger partial charge in [-0.15, -0.1) is 0 Å². The summed E-state index contributed by atoms with van der Waals surface area (Å²) in [7, 11) is 0. The maximum Gasteiger partial charge on any atom is 0.329 e. The number of likely N-dealkylation sites (tertiary alicyclic amines) is 1. The molecule has 0 bridgehead atoms. The van der Waals surface area contributed by atoms with Crippen molar-refractivity contribution in [2.45, 2.75) is 44.7 Å². The number of carbonyl (C=O) groups is 2. The van der Waals surface area contributed by atoms with Crippen molar-refractivity contribution in [2.75, 3.05) is 6.54 Å². The maximum absolute atomic E-state index is 12.3. The topological polar surface area (TPSA) is 98.3 Å². The van der Waals surface area contributed by atoms with Gasteiger partial charge in [0.05, 0.1) is 12.2 Å². The zero-order valence-corrected chi connectivity index (χ0v) is 11.7. The molecule has 1 aromatic rings. The third-order valence-electron chi connectivity index (χ3n) is 3.96. The number of aliphatic carboxylic acids is 1. The van der Waals surface area contributed by atoms with Gasteiger partial charge in [-0.05, 0) is 33.1 Å². The Labute approximate surface area is 117 Å². The average molecular weight is 280 g/mol. The van der Waals surface area contributed by atoms with Crippen molar-refractivity contribution < 1.29 is 14.7 Å². The number of carboxylic acid groups (broad SMARTS) is 1. The summed E-state index contributed by atoms with van der Waals surface area (Å²) in [6.45, 7) is 3.91. The van der Waals surface area contributed by atoms with Crippen LogP contribution >= 0.6 is 0 Å². The first-order valence-corrected chi connectivity index (χ1v) is 6.75. The van der Waals surface area contributed by atoms with Crippen LogP contribution in [-0.2, 0) is 4.79 Å². The molecule has 0 aliphatic carbocycles. The summed E-state index contributed by atoms with van der Waals surface area (Å²) < 4.78 is 0. The van der Waals surface area contributed by atoms with E-state index >= 15 is 0 Å². The van der Waals surface area contributed by atoms with Gasteiger partial charge in [0.25, 0.3) is 0 Å². The van der Waals surface area contributed by atoms with Crippen LogP contribution in [0.3, 0.4) is 0 Å². The molecule has 2 atom stereocenters.